The van der Waals surface area contributed by atoms with Crippen LogP contribution in [0.25, 0.3) is 0 Å². The second kappa shape index (κ2) is 17.9. The van der Waals surface area contributed by atoms with Crippen LogP contribution in [0.2, 0.25) is 0 Å². The van der Waals surface area contributed by atoms with E-state index in [9.17, 15) is 9.59 Å². The molecule has 2 aliphatic heterocycles. The maximum absolute atomic E-state index is 12.0. The molecule has 10 nitrogen and oxygen atoms in total. The highest BCUT2D eigenvalue weighted by atomic mass is 16.6. The van der Waals surface area contributed by atoms with Gasteiger partial charge in [0.25, 0.3) is 0 Å². The summed E-state index contributed by atoms with van der Waals surface area (Å²) in [5.74, 6) is 0.943. The van der Waals surface area contributed by atoms with Crippen molar-refractivity contribution < 1.29 is 38.0 Å². The number of epoxide rings is 2. The summed E-state index contributed by atoms with van der Waals surface area (Å²) in [6.07, 6.45) is 7.73. The van der Waals surface area contributed by atoms with Crippen LogP contribution in [-0.4, -0.2) is 76.2 Å². The molecule has 0 aromatic heterocycles. The average Bonchev–Trinajstić information content (AvgIpc) is 4.10. The molecule has 0 amide bonds. The predicted octanol–water partition coefficient (Wildman–Crippen LogP) is 7.32. The lowest BCUT2D eigenvalue weighted by Crippen LogP contribution is -2.09. The van der Waals surface area contributed by atoms with E-state index in [1.807, 2.05) is 48.5 Å². The van der Waals surface area contributed by atoms with E-state index in [1.54, 1.807) is 61.0 Å². The lowest BCUT2D eigenvalue weighted by Gasteiger charge is -2.08. The molecule has 4 aromatic carbocycles. The van der Waals surface area contributed by atoms with Crippen molar-refractivity contribution >= 4 is 35.7 Å². The Balaban J connectivity index is 0.805. The van der Waals surface area contributed by atoms with Crippen LogP contribution >= 0.6 is 0 Å². The molecule has 258 valence electrons. The van der Waals surface area contributed by atoms with Gasteiger partial charge in [0, 0.05) is 12.4 Å². The molecule has 10 heteroatoms. The Bertz CT molecular complexity index is 1600. The normalized spacial score (nSPS) is 16.3. The zero-order valence-corrected chi connectivity index (χ0v) is 27.8. The van der Waals surface area contributed by atoms with Crippen LogP contribution in [-0.2, 0) is 18.9 Å². The highest BCUT2D eigenvalue weighted by Gasteiger charge is 2.25. The molecule has 0 N–H and O–H groups in total. The van der Waals surface area contributed by atoms with Gasteiger partial charge in [-0.15, -0.1) is 0 Å². The van der Waals surface area contributed by atoms with Gasteiger partial charge in [-0.3, -0.25) is 9.98 Å². The number of carbonyl (C=O) groups is 2. The van der Waals surface area contributed by atoms with Crippen molar-refractivity contribution in [1.82, 2.24) is 0 Å². The van der Waals surface area contributed by atoms with Crippen molar-refractivity contribution in [2.45, 2.75) is 37.9 Å². The SMILES string of the molecule is O=C(OCC1CO1)c1ccc(N=Cc2ccc(OCCCCCCOc3ccc(C=Nc4ccc(C(=O)OCC5CO5)cc4)cc3)cc2)cc1. The lowest BCUT2D eigenvalue weighted by atomic mass is 10.2. The van der Waals surface area contributed by atoms with Gasteiger partial charge in [-0.05, 0) is 134 Å². The van der Waals surface area contributed by atoms with Crippen LogP contribution in [0.15, 0.2) is 107 Å². The molecule has 2 atom stereocenters. The number of benzene rings is 4. The third-order valence-corrected chi connectivity index (χ3v) is 7.87. The number of carbonyl (C=O) groups excluding carboxylic acids is 2. The Morgan fingerprint density at radius 3 is 1.30 bits per heavy atom. The van der Waals surface area contributed by atoms with E-state index in [0.717, 1.165) is 59.7 Å². The van der Waals surface area contributed by atoms with Gasteiger partial charge in [0.15, 0.2) is 0 Å². The maximum atomic E-state index is 12.0. The summed E-state index contributed by atoms with van der Waals surface area (Å²) >= 11 is 0. The molecule has 2 fully saturated rings. The summed E-state index contributed by atoms with van der Waals surface area (Å²) < 4.78 is 32.3. The van der Waals surface area contributed by atoms with Gasteiger partial charge >= 0.3 is 11.9 Å². The smallest absolute Gasteiger partial charge is 0.338 e. The zero-order valence-electron chi connectivity index (χ0n) is 27.8. The molecule has 2 heterocycles. The number of hydrogen-bond donors (Lipinski definition) is 0. The second-order valence-electron chi connectivity index (χ2n) is 12.0. The zero-order chi connectivity index (χ0) is 34.4. The molecule has 2 saturated heterocycles. The average molecular weight is 677 g/mol. The van der Waals surface area contributed by atoms with E-state index in [4.69, 9.17) is 28.4 Å². The Kier molecular flexibility index (Phi) is 12.4. The number of unbranched alkanes of at least 4 members (excludes halogenated alkanes) is 3. The minimum absolute atomic E-state index is 0.0502. The summed E-state index contributed by atoms with van der Waals surface area (Å²) in [4.78, 5) is 33.1. The van der Waals surface area contributed by atoms with Crippen molar-refractivity contribution in [2.75, 3.05) is 39.6 Å². The first-order chi connectivity index (χ1) is 24.6. The quantitative estimate of drug-likeness (QED) is 0.0439. The van der Waals surface area contributed by atoms with Crippen LogP contribution in [0.3, 0.4) is 0 Å². The monoisotopic (exact) mass is 676 g/mol. The first-order valence-corrected chi connectivity index (χ1v) is 16.9. The maximum Gasteiger partial charge on any atom is 0.338 e. The van der Waals surface area contributed by atoms with E-state index >= 15 is 0 Å². The fraction of sp³-hybridized carbons (Fsp3) is 0.300. The van der Waals surface area contributed by atoms with Crippen molar-refractivity contribution in [3.8, 4) is 11.5 Å². The topological polar surface area (TPSA) is 121 Å². The number of ether oxygens (including phenoxy) is 6. The van der Waals surface area contributed by atoms with Crippen molar-refractivity contribution in [2.24, 2.45) is 9.98 Å². The number of rotatable bonds is 19. The van der Waals surface area contributed by atoms with Gasteiger partial charge in [-0.1, -0.05) is 0 Å². The standard InChI is InChI=1S/C40H40N2O8/c43-39(49-27-37-25-47-37)31-9-13-33(14-10-31)41-23-29-5-17-35(18-6-29)45-21-3-1-2-4-22-46-36-19-7-30(8-20-36)24-42-34-15-11-32(12-16-34)40(44)50-28-38-26-48-38/h5-20,23-24,37-38H,1-4,21-22,25-28H2. The van der Waals surface area contributed by atoms with Gasteiger partial charge in [0.05, 0.1) is 48.9 Å². The fourth-order valence-corrected chi connectivity index (χ4v) is 4.74. The van der Waals surface area contributed by atoms with Gasteiger partial charge < -0.3 is 28.4 Å². The predicted molar refractivity (Wildman–Crippen MR) is 190 cm³/mol. The van der Waals surface area contributed by atoms with Crippen LogP contribution < -0.4 is 9.47 Å². The van der Waals surface area contributed by atoms with Crippen LogP contribution in [0, 0.1) is 0 Å². The van der Waals surface area contributed by atoms with Crippen molar-refractivity contribution in [1.29, 1.82) is 0 Å². The molecule has 0 spiro atoms. The summed E-state index contributed by atoms with van der Waals surface area (Å²) in [6.45, 7) is 3.22. The summed E-state index contributed by atoms with van der Waals surface area (Å²) in [5, 5.41) is 0. The first-order valence-electron chi connectivity index (χ1n) is 16.9. The summed E-state index contributed by atoms with van der Waals surface area (Å²) in [5.41, 5.74) is 4.39. The molecule has 2 aliphatic rings. The fourth-order valence-electron chi connectivity index (χ4n) is 4.74. The molecule has 0 radical (unpaired) electrons. The Morgan fingerprint density at radius 1 is 0.560 bits per heavy atom. The Morgan fingerprint density at radius 2 is 0.940 bits per heavy atom. The number of aliphatic imine (C=N–C) groups is 2. The van der Waals surface area contributed by atoms with Crippen molar-refractivity contribution in [3.05, 3.63) is 119 Å². The molecule has 4 aromatic rings. The highest BCUT2D eigenvalue weighted by molar-refractivity contribution is 5.91. The Hall–Kier alpha value is -5.32. The van der Waals surface area contributed by atoms with E-state index in [1.165, 1.54) is 0 Å². The first kappa shape index (κ1) is 34.5. The van der Waals surface area contributed by atoms with Gasteiger partial charge in [0.2, 0.25) is 0 Å². The molecule has 0 aliphatic carbocycles. The molecular formula is C40H40N2O8. The number of nitrogens with zero attached hydrogens (tertiary/aromatic N) is 2. The molecule has 6 rings (SSSR count). The lowest BCUT2D eigenvalue weighted by molar-refractivity contribution is 0.0468. The van der Waals surface area contributed by atoms with Gasteiger partial charge in [-0.25, -0.2) is 9.59 Å². The molecule has 50 heavy (non-hydrogen) atoms. The Labute approximate surface area is 291 Å². The number of esters is 2. The minimum atomic E-state index is -0.356. The van der Waals surface area contributed by atoms with E-state index < -0.39 is 0 Å². The highest BCUT2D eigenvalue weighted by Crippen LogP contribution is 2.19. The summed E-state index contributed by atoms with van der Waals surface area (Å²) in [7, 11) is 0. The van der Waals surface area contributed by atoms with Crippen LogP contribution in [0.4, 0.5) is 11.4 Å². The number of hydrogen-bond acceptors (Lipinski definition) is 10. The van der Waals surface area contributed by atoms with Crippen molar-refractivity contribution in [3.63, 3.8) is 0 Å². The van der Waals surface area contributed by atoms with E-state index in [0.29, 0.717) is 50.8 Å². The van der Waals surface area contributed by atoms with E-state index in [-0.39, 0.29) is 24.1 Å². The molecule has 0 bridgehead atoms. The van der Waals surface area contributed by atoms with Gasteiger partial charge in [-0.2, -0.15) is 0 Å². The summed E-state index contributed by atoms with van der Waals surface area (Å²) in [6, 6.07) is 29.6. The van der Waals surface area contributed by atoms with Crippen LogP contribution in [0.5, 0.6) is 11.5 Å². The van der Waals surface area contributed by atoms with Crippen LogP contribution in [0.1, 0.15) is 57.5 Å². The van der Waals surface area contributed by atoms with E-state index in [2.05, 4.69) is 9.98 Å². The molecule has 0 saturated carbocycles. The third-order valence-electron chi connectivity index (χ3n) is 7.87. The minimum Gasteiger partial charge on any atom is -0.494 e. The largest absolute Gasteiger partial charge is 0.494 e. The third kappa shape index (κ3) is 11.7. The second-order valence-corrected chi connectivity index (χ2v) is 12.0. The van der Waals surface area contributed by atoms with Gasteiger partial charge in [0.1, 0.15) is 36.9 Å². The molecule has 2 unspecified atom stereocenters. The molecular weight excluding hydrogens is 636 g/mol.